The van der Waals surface area contributed by atoms with Gasteiger partial charge >= 0.3 is 121 Å². The third-order valence-corrected chi connectivity index (χ3v) is 5.82. The van der Waals surface area contributed by atoms with Gasteiger partial charge in [-0.2, -0.15) is 0 Å². The van der Waals surface area contributed by atoms with Crippen LogP contribution in [0.25, 0.3) is 0 Å². The predicted octanol–water partition coefficient (Wildman–Crippen LogP) is 2.56. The molecule has 0 fully saturated rings. The molecule has 1 N–H and O–H groups in total. The fourth-order valence-corrected chi connectivity index (χ4v) is 4.58. The van der Waals surface area contributed by atoms with E-state index in [4.69, 9.17) is 0 Å². The van der Waals surface area contributed by atoms with Crippen LogP contribution in [-0.4, -0.2) is 12.7 Å². The van der Waals surface area contributed by atoms with E-state index in [9.17, 15) is 0 Å². The second-order valence-corrected chi connectivity index (χ2v) is 7.00. The van der Waals surface area contributed by atoms with Crippen molar-refractivity contribution in [1.82, 2.24) is 4.06 Å². The number of hydrogen-bond donors (Lipinski definition) is 1. The molecule has 2 aromatic rings. The summed E-state index contributed by atoms with van der Waals surface area (Å²) in [6, 6.07) is 21.8. The van der Waals surface area contributed by atoms with Crippen LogP contribution in [0.5, 0.6) is 0 Å². The number of hydrogen-bond acceptors (Lipinski definition) is 1. The van der Waals surface area contributed by atoms with Crippen LogP contribution in [0.2, 0.25) is 0 Å². The summed E-state index contributed by atoms with van der Waals surface area (Å²) in [5.74, 6) is 0. The zero-order chi connectivity index (χ0) is 12.6. The Balaban J connectivity index is 2.18. The van der Waals surface area contributed by atoms with Crippen LogP contribution in [0.4, 0.5) is 0 Å². The molecule has 0 unspecified atom stereocenters. The molecule has 0 heterocycles. The van der Waals surface area contributed by atoms with E-state index in [-0.39, 0.29) is 7.92 Å². The molecule has 1 nitrogen and oxygen atoms in total. The van der Waals surface area contributed by atoms with Crippen LogP contribution < -0.4 is 14.7 Å². The summed E-state index contributed by atoms with van der Waals surface area (Å²) in [7, 11) is -0.210. The van der Waals surface area contributed by atoms with Crippen LogP contribution >= 0.6 is 7.92 Å². The van der Waals surface area contributed by atoms with Crippen LogP contribution in [0.3, 0.4) is 0 Å². The predicted molar refractivity (Wildman–Crippen MR) is 76.6 cm³/mol. The van der Waals surface area contributed by atoms with Gasteiger partial charge in [-0.3, -0.25) is 0 Å². The SMILES string of the molecule is [Ru][NH]CCCP(c1ccccc1)c1ccccc1. The molecule has 0 atom stereocenters. The van der Waals surface area contributed by atoms with E-state index in [2.05, 4.69) is 83.3 Å². The summed E-state index contributed by atoms with van der Waals surface area (Å²) in [5, 5.41) is 2.95. The Labute approximate surface area is 121 Å². The third-order valence-electron chi connectivity index (χ3n) is 2.78. The van der Waals surface area contributed by atoms with E-state index in [0.717, 1.165) is 6.54 Å². The molecular weight excluding hydrogens is 326 g/mol. The zero-order valence-corrected chi connectivity index (χ0v) is 12.8. The summed E-state index contributed by atoms with van der Waals surface area (Å²) >= 11 is 2.49. The Morgan fingerprint density at radius 3 is 1.78 bits per heavy atom. The second kappa shape index (κ2) is 7.79. The number of benzene rings is 2. The van der Waals surface area contributed by atoms with Gasteiger partial charge in [0.1, 0.15) is 0 Å². The van der Waals surface area contributed by atoms with Crippen molar-refractivity contribution in [1.29, 1.82) is 0 Å². The van der Waals surface area contributed by atoms with Gasteiger partial charge in [0.2, 0.25) is 0 Å². The van der Waals surface area contributed by atoms with Crippen LogP contribution in [0, 0.1) is 0 Å². The van der Waals surface area contributed by atoms with Crippen molar-refractivity contribution in [3.63, 3.8) is 0 Å². The van der Waals surface area contributed by atoms with Crippen molar-refractivity contribution >= 4 is 18.5 Å². The quantitative estimate of drug-likeness (QED) is 0.483. The first-order chi connectivity index (χ1) is 8.92. The Morgan fingerprint density at radius 1 is 0.833 bits per heavy atom. The Morgan fingerprint density at radius 2 is 1.33 bits per heavy atom. The molecule has 0 aliphatic carbocycles. The topological polar surface area (TPSA) is 12.0 Å². The van der Waals surface area contributed by atoms with Crippen LogP contribution in [-0.2, 0) is 18.5 Å². The minimum atomic E-state index is -0.210. The monoisotopic (exact) mass is 344 g/mol. The molecule has 3 heteroatoms. The average Bonchev–Trinajstić information content (AvgIpc) is 2.46. The standard InChI is InChI=1S/C15H17NP.Ru/c16-12-7-13-17(14-8-3-1-4-9-14)15-10-5-2-6-11-15;/h1-6,8-11,16H,7,12-13H2;/q-1;+1. The van der Waals surface area contributed by atoms with Gasteiger partial charge in [-0.15, -0.1) is 0 Å². The van der Waals surface area contributed by atoms with Gasteiger partial charge in [0, 0.05) is 0 Å². The maximum atomic E-state index is 3.17. The van der Waals surface area contributed by atoms with E-state index in [1.807, 2.05) is 0 Å². The molecule has 2 rings (SSSR count). The van der Waals surface area contributed by atoms with Gasteiger partial charge in [0.05, 0.1) is 0 Å². The Kier molecular flexibility index (Phi) is 6.01. The van der Waals surface area contributed by atoms with Gasteiger partial charge in [0.15, 0.2) is 0 Å². The molecule has 0 amide bonds. The number of nitrogens with one attached hydrogen (secondary N) is 1. The van der Waals surface area contributed by atoms with Gasteiger partial charge in [-0.05, 0) is 0 Å². The fraction of sp³-hybridized carbons (Fsp3) is 0.200. The molecule has 0 aromatic heterocycles. The maximum absolute atomic E-state index is 3.17. The average molecular weight is 343 g/mol. The fourth-order valence-electron chi connectivity index (χ4n) is 1.92. The minimum absolute atomic E-state index is 0.210. The van der Waals surface area contributed by atoms with E-state index < -0.39 is 0 Å². The molecule has 0 saturated heterocycles. The molecule has 0 radical (unpaired) electrons. The molecular formula is C15H17NPRu. The normalized spacial score (nSPS) is 10.8. The first-order valence-electron chi connectivity index (χ1n) is 6.12. The summed E-state index contributed by atoms with van der Waals surface area (Å²) < 4.78 is 3.17. The molecule has 18 heavy (non-hydrogen) atoms. The molecule has 0 bridgehead atoms. The van der Waals surface area contributed by atoms with Crippen LogP contribution in [0.15, 0.2) is 60.7 Å². The second-order valence-electron chi connectivity index (χ2n) is 4.05. The first kappa shape index (κ1) is 13.9. The van der Waals surface area contributed by atoms with Gasteiger partial charge < -0.3 is 0 Å². The van der Waals surface area contributed by atoms with E-state index in [1.165, 1.54) is 23.2 Å². The van der Waals surface area contributed by atoms with Gasteiger partial charge in [-0.1, -0.05) is 0 Å². The van der Waals surface area contributed by atoms with Crippen molar-refractivity contribution < 1.29 is 18.5 Å². The van der Waals surface area contributed by atoms with Crippen molar-refractivity contribution in [2.75, 3.05) is 12.7 Å². The van der Waals surface area contributed by atoms with E-state index in [0.29, 0.717) is 0 Å². The third kappa shape index (κ3) is 3.99. The Bertz CT molecular complexity index is 407. The molecule has 0 aliphatic rings. The van der Waals surface area contributed by atoms with Crippen LogP contribution in [0.1, 0.15) is 6.42 Å². The van der Waals surface area contributed by atoms with Gasteiger partial charge in [0.25, 0.3) is 0 Å². The van der Waals surface area contributed by atoms with Crippen molar-refractivity contribution in [2.45, 2.75) is 6.42 Å². The Hall–Kier alpha value is -0.547. The van der Waals surface area contributed by atoms with Crippen molar-refractivity contribution in [2.24, 2.45) is 0 Å². The summed E-state index contributed by atoms with van der Waals surface area (Å²) in [5.41, 5.74) is 0. The zero-order valence-electron chi connectivity index (χ0n) is 10.2. The number of rotatable bonds is 6. The molecule has 2 aromatic carbocycles. The summed E-state index contributed by atoms with van der Waals surface area (Å²) in [4.78, 5) is 0. The van der Waals surface area contributed by atoms with E-state index in [1.54, 1.807) is 0 Å². The van der Waals surface area contributed by atoms with Crippen molar-refractivity contribution in [3.8, 4) is 0 Å². The molecule has 0 spiro atoms. The van der Waals surface area contributed by atoms with Gasteiger partial charge in [-0.25, -0.2) is 0 Å². The first-order valence-corrected chi connectivity index (χ1v) is 8.51. The molecule has 95 valence electrons. The van der Waals surface area contributed by atoms with E-state index >= 15 is 0 Å². The summed E-state index contributed by atoms with van der Waals surface area (Å²) in [6.07, 6.45) is 2.45. The molecule has 0 saturated carbocycles. The summed E-state index contributed by atoms with van der Waals surface area (Å²) in [6.45, 7) is 1.06. The molecule has 0 aliphatic heterocycles. The van der Waals surface area contributed by atoms with Crippen molar-refractivity contribution in [3.05, 3.63) is 60.7 Å².